The van der Waals surface area contributed by atoms with Crippen LogP contribution in [0.25, 0.3) is 0 Å². The van der Waals surface area contributed by atoms with Crippen molar-refractivity contribution in [2.45, 2.75) is 12.2 Å². The SMILES string of the molecule is O=C[C@@H]1OCC=C[C@H]1O. The van der Waals surface area contributed by atoms with Crippen LogP contribution in [0.2, 0.25) is 0 Å². The summed E-state index contributed by atoms with van der Waals surface area (Å²) in [5.74, 6) is 0. The normalized spacial score (nSPS) is 34.3. The number of carbonyl (C=O) groups is 1. The first kappa shape index (κ1) is 6.45. The van der Waals surface area contributed by atoms with Gasteiger partial charge in [-0.25, -0.2) is 0 Å². The molecular weight excluding hydrogens is 120 g/mol. The average Bonchev–Trinajstić information content (AvgIpc) is 1.89. The molecule has 2 atom stereocenters. The van der Waals surface area contributed by atoms with E-state index in [0.717, 1.165) is 0 Å². The smallest absolute Gasteiger partial charge is 0.151 e. The maximum Gasteiger partial charge on any atom is 0.151 e. The molecule has 0 unspecified atom stereocenters. The van der Waals surface area contributed by atoms with Gasteiger partial charge in [-0.3, -0.25) is 0 Å². The Bertz CT molecular complexity index is 130. The van der Waals surface area contributed by atoms with Gasteiger partial charge in [0.2, 0.25) is 0 Å². The van der Waals surface area contributed by atoms with Crippen molar-refractivity contribution >= 4 is 6.29 Å². The van der Waals surface area contributed by atoms with Gasteiger partial charge in [0, 0.05) is 0 Å². The highest BCUT2D eigenvalue weighted by Gasteiger charge is 2.18. The van der Waals surface area contributed by atoms with E-state index in [4.69, 9.17) is 9.84 Å². The predicted molar refractivity (Wildman–Crippen MR) is 31.0 cm³/mol. The third-order valence-corrected chi connectivity index (χ3v) is 1.19. The Balaban J connectivity index is 2.54. The maximum absolute atomic E-state index is 10.1. The van der Waals surface area contributed by atoms with Gasteiger partial charge in [-0.05, 0) is 0 Å². The van der Waals surface area contributed by atoms with E-state index in [1.165, 1.54) is 0 Å². The zero-order chi connectivity index (χ0) is 6.69. The van der Waals surface area contributed by atoms with Crippen molar-refractivity contribution in [3.05, 3.63) is 12.2 Å². The highest BCUT2D eigenvalue weighted by Crippen LogP contribution is 2.03. The van der Waals surface area contributed by atoms with Crippen LogP contribution in [0.1, 0.15) is 0 Å². The molecule has 0 aliphatic carbocycles. The fraction of sp³-hybridized carbons (Fsp3) is 0.500. The number of hydrogen-bond donors (Lipinski definition) is 1. The van der Waals surface area contributed by atoms with Crippen molar-refractivity contribution in [2.24, 2.45) is 0 Å². The van der Waals surface area contributed by atoms with Crippen molar-refractivity contribution in [1.29, 1.82) is 0 Å². The first-order chi connectivity index (χ1) is 4.34. The van der Waals surface area contributed by atoms with Crippen molar-refractivity contribution < 1.29 is 14.6 Å². The molecule has 0 bridgehead atoms. The van der Waals surface area contributed by atoms with Crippen LogP contribution in [-0.2, 0) is 9.53 Å². The lowest BCUT2D eigenvalue weighted by atomic mass is 10.2. The summed E-state index contributed by atoms with van der Waals surface area (Å²) in [6, 6.07) is 0. The Hall–Kier alpha value is -0.670. The van der Waals surface area contributed by atoms with Crippen LogP contribution >= 0.6 is 0 Å². The third kappa shape index (κ3) is 1.37. The summed E-state index contributed by atoms with van der Waals surface area (Å²) in [7, 11) is 0. The Labute approximate surface area is 52.9 Å². The van der Waals surface area contributed by atoms with Crippen LogP contribution < -0.4 is 0 Å². The number of carbonyl (C=O) groups excluding carboxylic acids is 1. The standard InChI is InChI=1S/C6H8O3/c7-4-6-5(8)2-1-3-9-6/h1-2,4-6,8H,3H2/t5-,6+/m1/s1. The molecule has 3 nitrogen and oxygen atoms in total. The molecule has 3 heteroatoms. The molecule has 0 aromatic rings. The Morgan fingerprint density at radius 1 is 1.78 bits per heavy atom. The van der Waals surface area contributed by atoms with Crippen LogP contribution in [0.4, 0.5) is 0 Å². The molecule has 50 valence electrons. The highest BCUT2D eigenvalue weighted by atomic mass is 16.5. The van der Waals surface area contributed by atoms with E-state index in [1.54, 1.807) is 12.2 Å². The van der Waals surface area contributed by atoms with Crippen LogP contribution in [-0.4, -0.2) is 30.2 Å². The summed E-state index contributed by atoms with van der Waals surface area (Å²) in [4.78, 5) is 10.1. The van der Waals surface area contributed by atoms with Gasteiger partial charge in [0.05, 0.1) is 6.61 Å². The van der Waals surface area contributed by atoms with Crippen molar-refractivity contribution in [2.75, 3.05) is 6.61 Å². The second kappa shape index (κ2) is 2.75. The monoisotopic (exact) mass is 128 g/mol. The van der Waals surface area contributed by atoms with Crippen LogP contribution in [0.5, 0.6) is 0 Å². The van der Waals surface area contributed by atoms with Crippen LogP contribution in [0, 0.1) is 0 Å². The van der Waals surface area contributed by atoms with E-state index in [2.05, 4.69) is 0 Å². The lowest BCUT2D eigenvalue weighted by molar-refractivity contribution is -0.123. The topological polar surface area (TPSA) is 46.5 Å². The van der Waals surface area contributed by atoms with Gasteiger partial charge in [-0.2, -0.15) is 0 Å². The molecule has 9 heavy (non-hydrogen) atoms. The highest BCUT2D eigenvalue weighted by molar-refractivity contribution is 5.58. The zero-order valence-electron chi connectivity index (χ0n) is 4.86. The summed E-state index contributed by atoms with van der Waals surface area (Å²) in [6.45, 7) is 0.417. The third-order valence-electron chi connectivity index (χ3n) is 1.19. The van der Waals surface area contributed by atoms with Gasteiger partial charge in [0.1, 0.15) is 12.2 Å². The molecule has 0 spiro atoms. The minimum Gasteiger partial charge on any atom is -0.386 e. The van der Waals surface area contributed by atoms with Crippen molar-refractivity contribution in [1.82, 2.24) is 0 Å². The molecule has 0 radical (unpaired) electrons. The van der Waals surface area contributed by atoms with E-state index in [0.29, 0.717) is 12.9 Å². The second-order valence-corrected chi connectivity index (χ2v) is 1.85. The fourth-order valence-corrected chi connectivity index (χ4v) is 0.690. The summed E-state index contributed by atoms with van der Waals surface area (Å²) in [5, 5.41) is 8.93. The van der Waals surface area contributed by atoms with Gasteiger partial charge >= 0.3 is 0 Å². The maximum atomic E-state index is 10.1. The van der Waals surface area contributed by atoms with E-state index >= 15 is 0 Å². The van der Waals surface area contributed by atoms with E-state index in [9.17, 15) is 4.79 Å². The first-order valence-electron chi connectivity index (χ1n) is 2.76. The Morgan fingerprint density at radius 2 is 2.56 bits per heavy atom. The van der Waals surface area contributed by atoms with Crippen molar-refractivity contribution in [3.63, 3.8) is 0 Å². The lowest BCUT2D eigenvalue weighted by Crippen LogP contribution is -2.31. The number of aliphatic hydroxyl groups is 1. The van der Waals surface area contributed by atoms with Crippen LogP contribution in [0.3, 0.4) is 0 Å². The molecule has 1 aliphatic rings. The summed E-state index contributed by atoms with van der Waals surface area (Å²) in [5.41, 5.74) is 0. The number of ether oxygens (including phenoxy) is 1. The van der Waals surface area contributed by atoms with Gasteiger partial charge in [0.15, 0.2) is 6.29 Å². The first-order valence-corrected chi connectivity index (χ1v) is 2.76. The zero-order valence-corrected chi connectivity index (χ0v) is 4.86. The summed E-state index contributed by atoms with van der Waals surface area (Å²) in [6.07, 6.45) is 2.44. The predicted octanol–water partition coefficient (Wildman–Crippen LogP) is -0.499. The van der Waals surface area contributed by atoms with E-state index < -0.39 is 12.2 Å². The molecule has 1 aliphatic heterocycles. The molecule has 1 N–H and O–H groups in total. The number of aliphatic hydroxyl groups excluding tert-OH is 1. The Kier molecular flexibility index (Phi) is 1.97. The number of rotatable bonds is 1. The fourth-order valence-electron chi connectivity index (χ4n) is 0.690. The van der Waals surface area contributed by atoms with Gasteiger partial charge in [-0.1, -0.05) is 12.2 Å². The van der Waals surface area contributed by atoms with Crippen molar-refractivity contribution in [3.8, 4) is 0 Å². The molecule has 0 fully saturated rings. The Morgan fingerprint density at radius 3 is 3.00 bits per heavy atom. The molecule has 0 amide bonds. The minimum atomic E-state index is -0.753. The molecule has 0 saturated heterocycles. The lowest BCUT2D eigenvalue weighted by Gasteiger charge is -2.17. The van der Waals surface area contributed by atoms with E-state index in [1.807, 2.05) is 0 Å². The second-order valence-electron chi connectivity index (χ2n) is 1.85. The average molecular weight is 128 g/mol. The van der Waals surface area contributed by atoms with Gasteiger partial charge in [0.25, 0.3) is 0 Å². The molecule has 1 rings (SSSR count). The molecule has 0 aromatic carbocycles. The van der Waals surface area contributed by atoms with Gasteiger partial charge in [-0.15, -0.1) is 0 Å². The molecule has 0 saturated carbocycles. The van der Waals surface area contributed by atoms with Gasteiger partial charge < -0.3 is 14.6 Å². The quantitative estimate of drug-likeness (QED) is 0.382. The molecular formula is C6H8O3. The summed E-state index contributed by atoms with van der Waals surface area (Å²) < 4.78 is 4.83. The minimum absolute atomic E-state index is 0.417. The van der Waals surface area contributed by atoms with E-state index in [-0.39, 0.29) is 0 Å². The van der Waals surface area contributed by atoms with Crippen LogP contribution in [0.15, 0.2) is 12.2 Å². The number of hydrogen-bond acceptors (Lipinski definition) is 3. The number of aldehydes is 1. The molecule has 0 aromatic heterocycles. The summed E-state index contributed by atoms with van der Waals surface area (Å²) >= 11 is 0. The molecule has 1 heterocycles. The largest absolute Gasteiger partial charge is 0.386 e.